The van der Waals surface area contributed by atoms with Gasteiger partial charge in [-0.2, -0.15) is 4.72 Å². The predicted octanol–water partition coefficient (Wildman–Crippen LogP) is 0.924. The minimum atomic E-state index is -3.63. The first kappa shape index (κ1) is 13.4. The highest BCUT2D eigenvalue weighted by Gasteiger charge is 2.21. The lowest BCUT2D eigenvalue weighted by atomic mass is 10.3. The van der Waals surface area contributed by atoms with Crippen LogP contribution in [0.1, 0.15) is 6.92 Å². The Balaban J connectivity index is 2.89. The zero-order valence-corrected chi connectivity index (χ0v) is 11.4. The molecule has 1 aromatic rings. The highest BCUT2D eigenvalue weighted by molar-refractivity contribution is 9.11. The van der Waals surface area contributed by atoms with Crippen molar-refractivity contribution in [2.75, 3.05) is 0 Å². The first-order valence-corrected chi connectivity index (χ1v) is 7.21. The number of hydrogen-bond donors (Lipinski definition) is 3. The number of hydrogen-bond acceptors (Lipinski definition) is 5. The molecule has 1 heterocycles. The molecule has 0 spiro atoms. The molecule has 0 radical (unpaired) electrons. The lowest BCUT2D eigenvalue weighted by Gasteiger charge is -2.11. The molecule has 0 bridgehead atoms. The molecule has 90 valence electrons. The summed E-state index contributed by atoms with van der Waals surface area (Å²) >= 11 is 4.25. The smallest absolute Gasteiger partial charge is 0.250 e. The number of thiophene rings is 1. The second kappa shape index (κ2) is 5.13. The molecule has 0 saturated carbocycles. The Morgan fingerprint density at radius 2 is 2.31 bits per heavy atom. The van der Waals surface area contributed by atoms with Crippen molar-refractivity contribution in [1.29, 1.82) is 0 Å². The van der Waals surface area contributed by atoms with E-state index in [2.05, 4.69) is 25.8 Å². The van der Waals surface area contributed by atoms with Gasteiger partial charge in [0.1, 0.15) is 4.21 Å². The molecular weight excluding hydrogens is 318 g/mol. The van der Waals surface area contributed by atoms with E-state index in [1.165, 1.54) is 13.0 Å². The largest absolute Gasteiger partial charge is 0.409 e. The van der Waals surface area contributed by atoms with Crippen LogP contribution in [0.2, 0.25) is 0 Å². The van der Waals surface area contributed by atoms with Gasteiger partial charge in [0.15, 0.2) is 5.84 Å². The maximum atomic E-state index is 11.8. The first-order chi connectivity index (χ1) is 7.36. The maximum Gasteiger partial charge on any atom is 0.250 e. The van der Waals surface area contributed by atoms with Gasteiger partial charge in [0, 0.05) is 0 Å². The Labute approximate surface area is 105 Å². The summed E-state index contributed by atoms with van der Waals surface area (Å²) in [5, 5.41) is 11.1. The average Bonchev–Trinajstić information content (AvgIpc) is 2.63. The van der Waals surface area contributed by atoms with Crippen molar-refractivity contribution < 1.29 is 13.6 Å². The molecule has 0 saturated heterocycles. The van der Waals surface area contributed by atoms with Crippen LogP contribution in [0.3, 0.4) is 0 Å². The van der Waals surface area contributed by atoms with E-state index in [1.54, 1.807) is 6.07 Å². The molecular formula is C7H10BrN3O3S2. The molecule has 0 aromatic carbocycles. The van der Waals surface area contributed by atoms with Crippen LogP contribution in [-0.4, -0.2) is 25.5 Å². The topological polar surface area (TPSA) is 105 Å². The number of nitrogens with two attached hydrogens (primary N) is 1. The Morgan fingerprint density at radius 1 is 1.69 bits per heavy atom. The van der Waals surface area contributed by atoms with Crippen LogP contribution in [0.25, 0.3) is 0 Å². The monoisotopic (exact) mass is 327 g/mol. The van der Waals surface area contributed by atoms with Crippen molar-refractivity contribution in [3.63, 3.8) is 0 Å². The fourth-order valence-electron chi connectivity index (χ4n) is 0.880. The van der Waals surface area contributed by atoms with Crippen molar-refractivity contribution in [3.05, 3.63) is 15.9 Å². The number of nitrogens with zero attached hydrogens (tertiary/aromatic N) is 1. The van der Waals surface area contributed by atoms with Gasteiger partial charge in [-0.25, -0.2) is 8.42 Å². The normalized spacial score (nSPS) is 15.0. The van der Waals surface area contributed by atoms with Gasteiger partial charge in [0.2, 0.25) is 0 Å². The Hall–Kier alpha value is -0.640. The van der Waals surface area contributed by atoms with Crippen LogP contribution < -0.4 is 10.5 Å². The third-order valence-corrected chi connectivity index (χ3v) is 5.36. The number of sulfonamides is 1. The molecule has 1 unspecified atom stereocenters. The lowest BCUT2D eigenvalue weighted by Crippen LogP contribution is -2.42. The predicted molar refractivity (Wildman–Crippen MR) is 65.2 cm³/mol. The first-order valence-electron chi connectivity index (χ1n) is 4.12. The summed E-state index contributed by atoms with van der Waals surface area (Å²) in [6.45, 7) is 1.48. The molecule has 0 fully saturated rings. The van der Waals surface area contributed by atoms with Crippen LogP contribution in [0.15, 0.2) is 25.3 Å². The Morgan fingerprint density at radius 3 is 2.75 bits per heavy atom. The van der Waals surface area contributed by atoms with Gasteiger partial charge in [-0.3, -0.25) is 0 Å². The molecule has 4 N–H and O–H groups in total. The second-order valence-electron chi connectivity index (χ2n) is 2.93. The van der Waals surface area contributed by atoms with E-state index < -0.39 is 16.1 Å². The van der Waals surface area contributed by atoms with E-state index in [9.17, 15) is 8.42 Å². The standard InChI is InChI=1S/C7H10BrN3O3S2/c1-4(7(9)10-12)11-16(13,14)6-3-2-5(8)15-6/h2-4,11-12H,1H3,(H2,9,10). The molecule has 1 rings (SSSR count). The van der Waals surface area contributed by atoms with E-state index >= 15 is 0 Å². The van der Waals surface area contributed by atoms with Crippen LogP contribution in [0.4, 0.5) is 0 Å². The number of rotatable bonds is 4. The summed E-state index contributed by atoms with van der Waals surface area (Å²) in [6.07, 6.45) is 0. The van der Waals surface area contributed by atoms with Gasteiger partial charge in [-0.15, -0.1) is 11.3 Å². The van der Waals surface area contributed by atoms with Crippen LogP contribution >= 0.6 is 27.3 Å². The van der Waals surface area contributed by atoms with Gasteiger partial charge in [-0.05, 0) is 35.0 Å². The molecule has 0 aliphatic heterocycles. The fraction of sp³-hybridized carbons (Fsp3) is 0.286. The summed E-state index contributed by atoms with van der Waals surface area (Å²) in [5.41, 5.74) is 5.27. The van der Waals surface area contributed by atoms with E-state index in [0.29, 0.717) is 3.79 Å². The molecule has 1 aromatic heterocycles. The zero-order chi connectivity index (χ0) is 12.3. The number of oxime groups is 1. The van der Waals surface area contributed by atoms with Crippen molar-refractivity contribution in [2.24, 2.45) is 10.9 Å². The van der Waals surface area contributed by atoms with Crippen LogP contribution in [0, 0.1) is 0 Å². The highest BCUT2D eigenvalue weighted by atomic mass is 79.9. The molecule has 16 heavy (non-hydrogen) atoms. The van der Waals surface area contributed by atoms with Gasteiger partial charge in [0.05, 0.1) is 9.83 Å². The quantitative estimate of drug-likeness (QED) is 0.331. The summed E-state index contributed by atoms with van der Waals surface area (Å²) in [7, 11) is -3.63. The average molecular weight is 328 g/mol. The van der Waals surface area contributed by atoms with Gasteiger partial charge in [0.25, 0.3) is 10.0 Å². The molecule has 6 nitrogen and oxygen atoms in total. The molecule has 0 aliphatic rings. The van der Waals surface area contributed by atoms with E-state index in [0.717, 1.165) is 11.3 Å². The third-order valence-electron chi connectivity index (χ3n) is 1.70. The Bertz CT molecular complexity index is 497. The van der Waals surface area contributed by atoms with E-state index in [-0.39, 0.29) is 10.0 Å². The minimum Gasteiger partial charge on any atom is -0.409 e. The summed E-state index contributed by atoms with van der Waals surface area (Å²) in [6, 6.07) is 2.33. The van der Waals surface area contributed by atoms with Crippen LogP contribution in [-0.2, 0) is 10.0 Å². The number of amidine groups is 1. The maximum absolute atomic E-state index is 11.8. The molecule has 0 amide bonds. The lowest BCUT2D eigenvalue weighted by molar-refractivity contribution is 0.316. The minimum absolute atomic E-state index is 0.164. The van der Waals surface area contributed by atoms with Crippen molar-refractivity contribution in [3.8, 4) is 0 Å². The van der Waals surface area contributed by atoms with Crippen molar-refractivity contribution in [1.82, 2.24) is 4.72 Å². The van der Waals surface area contributed by atoms with Gasteiger partial charge in [-0.1, -0.05) is 5.16 Å². The molecule has 1 atom stereocenters. The summed E-state index contributed by atoms with van der Waals surface area (Å²) in [5.74, 6) is -0.195. The SMILES string of the molecule is CC(NS(=O)(=O)c1ccc(Br)s1)/C(N)=N/O. The van der Waals surface area contributed by atoms with Crippen molar-refractivity contribution in [2.45, 2.75) is 17.2 Å². The van der Waals surface area contributed by atoms with E-state index in [1.807, 2.05) is 0 Å². The third kappa shape index (κ3) is 3.17. The van der Waals surface area contributed by atoms with E-state index in [4.69, 9.17) is 10.9 Å². The summed E-state index contributed by atoms with van der Waals surface area (Å²) < 4.78 is 26.7. The molecule has 9 heteroatoms. The zero-order valence-electron chi connectivity index (χ0n) is 8.21. The highest BCUT2D eigenvalue weighted by Crippen LogP contribution is 2.25. The fourth-order valence-corrected chi connectivity index (χ4v) is 4.12. The molecule has 0 aliphatic carbocycles. The Kier molecular flexibility index (Phi) is 4.30. The van der Waals surface area contributed by atoms with Gasteiger partial charge < -0.3 is 10.9 Å². The second-order valence-corrected chi connectivity index (χ2v) is 7.33. The number of halogens is 1. The van der Waals surface area contributed by atoms with Crippen molar-refractivity contribution >= 4 is 43.1 Å². The number of nitrogens with one attached hydrogen (secondary N) is 1. The summed E-state index contributed by atoms with van der Waals surface area (Å²) in [4.78, 5) is 0. The van der Waals surface area contributed by atoms with Crippen LogP contribution in [0.5, 0.6) is 0 Å². The van der Waals surface area contributed by atoms with Gasteiger partial charge >= 0.3 is 0 Å².